The average molecular weight is 198 g/mol. The predicted molar refractivity (Wildman–Crippen MR) is 68.0 cm³/mol. The molecule has 1 rings (SSSR count). The Labute approximate surface area is 92.6 Å². The topological polar surface area (TPSA) is 0 Å². The number of hydrogen-bond donors (Lipinski definition) is 0. The maximum absolute atomic E-state index is 3.73. The van der Waals surface area contributed by atoms with Crippen LogP contribution in [0.5, 0.6) is 0 Å². The van der Waals surface area contributed by atoms with Crippen molar-refractivity contribution in [3.63, 3.8) is 0 Å². The van der Waals surface area contributed by atoms with Gasteiger partial charge in [0.05, 0.1) is 0 Å². The monoisotopic (exact) mass is 198 g/mol. The fourth-order valence-electron chi connectivity index (χ4n) is 1.48. The van der Waals surface area contributed by atoms with Crippen molar-refractivity contribution < 1.29 is 0 Å². The van der Waals surface area contributed by atoms with Crippen LogP contribution >= 0.6 is 0 Å². The zero-order valence-electron chi connectivity index (χ0n) is 9.53. The lowest BCUT2D eigenvalue weighted by Crippen LogP contribution is -1.87. The predicted octanol–water partition coefficient (Wildman–Crippen LogP) is 4.23. The first-order chi connectivity index (χ1) is 7.26. The van der Waals surface area contributed by atoms with Gasteiger partial charge in [-0.15, -0.1) is 0 Å². The minimum Gasteiger partial charge on any atom is -0.0991 e. The summed E-state index contributed by atoms with van der Waals surface area (Å²) in [6.07, 6.45) is 9.05. The van der Waals surface area contributed by atoms with Crippen molar-refractivity contribution in [3.8, 4) is 0 Å². The average Bonchev–Trinajstić information content (AvgIpc) is 2.22. The molecule has 0 saturated heterocycles. The van der Waals surface area contributed by atoms with Crippen molar-refractivity contribution in [2.24, 2.45) is 0 Å². The molecule has 0 aliphatic carbocycles. The molecule has 0 radical (unpaired) electrons. The van der Waals surface area contributed by atoms with E-state index in [4.69, 9.17) is 0 Å². The number of aryl methyl sites for hydroxylation is 1. The largest absolute Gasteiger partial charge is 0.0991 e. The van der Waals surface area contributed by atoms with Gasteiger partial charge in [-0.25, -0.2) is 0 Å². The van der Waals surface area contributed by atoms with Crippen molar-refractivity contribution in [1.82, 2.24) is 0 Å². The van der Waals surface area contributed by atoms with Crippen LogP contribution in [0.3, 0.4) is 0 Å². The van der Waals surface area contributed by atoms with E-state index in [1.165, 1.54) is 16.7 Å². The van der Waals surface area contributed by atoms with E-state index in [-0.39, 0.29) is 0 Å². The highest BCUT2D eigenvalue weighted by atomic mass is 14.0. The lowest BCUT2D eigenvalue weighted by atomic mass is 10.0. The van der Waals surface area contributed by atoms with Crippen LogP contribution in [-0.2, 0) is 6.42 Å². The van der Waals surface area contributed by atoms with Crippen molar-refractivity contribution in [1.29, 1.82) is 0 Å². The van der Waals surface area contributed by atoms with Crippen LogP contribution < -0.4 is 0 Å². The molecule has 0 nitrogen and oxygen atoms in total. The highest BCUT2D eigenvalue weighted by molar-refractivity contribution is 5.31. The summed E-state index contributed by atoms with van der Waals surface area (Å²) in [7, 11) is 0. The maximum Gasteiger partial charge on any atom is -0.00259 e. The second-order valence-corrected chi connectivity index (χ2v) is 3.64. The first-order valence-corrected chi connectivity index (χ1v) is 5.26. The van der Waals surface area contributed by atoms with E-state index in [1.54, 1.807) is 0 Å². The normalized spacial score (nSPS) is 12.0. The van der Waals surface area contributed by atoms with Gasteiger partial charge in [-0.1, -0.05) is 60.7 Å². The summed E-state index contributed by atoms with van der Waals surface area (Å²) in [4.78, 5) is 0. The number of benzene rings is 1. The Hall–Kier alpha value is -1.56. The summed E-state index contributed by atoms with van der Waals surface area (Å²) < 4.78 is 0. The van der Waals surface area contributed by atoms with Gasteiger partial charge < -0.3 is 0 Å². The first-order valence-electron chi connectivity index (χ1n) is 5.26. The second kappa shape index (κ2) is 6.02. The van der Waals surface area contributed by atoms with E-state index in [9.17, 15) is 0 Å². The van der Waals surface area contributed by atoms with Crippen LogP contribution in [0.15, 0.2) is 60.7 Å². The third-order valence-electron chi connectivity index (χ3n) is 2.24. The number of allylic oxidation sites excluding steroid dienone is 5. The van der Waals surface area contributed by atoms with Crippen LogP contribution in [0.2, 0.25) is 0 Å². The third-order valence-corrected chi connectivity index (χ3v) is 2.24. The third kappa shape index (κ3) is 3.99. The molecule has 0 spiro atoms. The standard InChI is InChI=1S/C15H18/c1-4-6-14(7-5-2)12-15-10-8-13(3)9-11-15/h4-11H,1,12H2,2-3H3/b7-5-,14-6+. The Bertz CT molecular complexity index is 364. The van der Waals surface area contributed by atoms with Gasteiger partial charge in [0.2, 0.25) is 0 Å². The Morgan fingerprint density at radius 3 is 2.47 bits per heavy atom. The molecule has 1 aromatic carbocycles. The highest BCUT2D eigenvalue weighted by Gasteiger charge is 1.95. The molecule has 0 atom stereocenters. The molecule has 0 bridgehead atoms. The molecular formula is C15H18. The zero-order chi connectivity index (χ0) is 11.1. The van der Waals surface area contributed by atoms with Crippen molar-refractivity contribution in [3.05, 3.63) is 71.8 Å². The summed E-state index contributed by atoms with van der Waals surface area (Å²) >= 11 is 0. The van der Waals surface area contributed by atoms with Crippen LogP contribution in [0.4, 0.5) is 0 Å². The van der Waals surface area contributed by atoms with E-state index in [0.717, 1.165) is 6.42 Å². The van der Waals surface area contributed by atoms with Crippen molar-refractivity contribution in [2.45, 2.75) is 20.3 Å². The first kappa shape index (κ1) is 11.5. The van der Waals surface area contributed by atoms with Gasteiger partial charge in [0.15, 0.2) is 0 Å². The number of rotatable bonds is 4. The van der Waals surface area contributed by atoms with E-state index < -0.39 is 0 Å². The van der Waals surface area contributed by atoms with Crippen LogP contribution in [0, 0.1) is 6.92 Å². The fourth-order valence-corrected chi connectivity index (χ4v) is 1.48. The van der Waals surface area contributed by atoms with Gasteiger partial charge in [-0.2, -0.15) is 0 Å². The quantitative estimate of drug-likeness (QED) is 0.635. The van der Waals surface area contributed by atoms with Gasteiger partial charge in [-0.05, 0) is 31.4 Å². The Balaban J connectivity index is 2.78. The van der Waals surface area contributed by atoms with E-state index in [1.807, 2.05) is 13.0 Å². The van der Waals surface area contributed by atoms with Crippen molar-refractivity contribution >= 4 is 0 Å². The molecule has 0 amide bonds. The van der Waals surface area contributed by atoms with Gasteiger partial charge in [0.1, 0.15) is 0 Å². The lowest BCUT2D eigenvalue weighted by Gasteiger charge is -2.02. The minimum atomic E-state index is 0.969. The molecule has 0 unspecified atom stereocenters. The molecule has 0 aliphatic rings. The SMILES string of the molecule is C=C/C=C(\C=C/C)Cc1ccc(C)cc1. The fraction of sp³-hybridized carbons (Fsp3) is 0.200. The van der Waals surface area contributed by atoms with E-state index >= 15 is 0 Å². The molecule has 78 valence electrons. The summed E-state index contributed by atoms with van der Waals surface area (Å²) in [5.74, 6) is 0. The summed E-state index contributed by atoms with van der Waals surface area (Å²) in [5.41, 5.74) is 3.93. The van der Waals surface area contributed by atoms with Gasteiger partial charge in [0.25, 0.3) is 0 Å². The zero-order valence-corrected chi connectivity index (χ0v) is 9.53. The Morgan fingerprint density at radius 2 is 1.93 bits per heavy atom. The molecule has 0 heterocycles. The molecule has 15 heavy (non-hydrogen) atoms. The Kier molecular flexibility index (Phi) is 4.62. The minimum absolute atomic E-state index is 0.969. The second-order valence-electron chi connectivity index (χ2n) is 3.64. The van der Waals surface area contributed by atoms with Crippen LogP contribution in [0.1, 0.15) is 18.1 Å². The molecule has 0 N–H and O–H groups in total. The smallest absolute Gasteiger partial charge is 0.00259 e. The molecule has 0 saturated carbocycles. The molecule has 0 heteroatoms. The lowest BCUT2D eigenvalue weighted by molar-refractivity contribution is 1.19. The molecule has 0 aliphatic heterocycles. The molecule has 0 aromatic heterocycles. The van der Waals surface area contributed by atoms with E-state index in [0.29, 0.717) is 0 Å². The van der Waals surface area contributed by atoms with Crippen molar-refractivity contribution in [2.75, 3.05) is 0 Å². The molecule has 0 fully saturated rings. The Morgan fingerprint density at radius 1 is 1.27 bits per heavy atom. The van der Waals surface area contributed by atoms with Gasteiger partial charge in [-0.3, -0.25) is 0 Å². The van der Waals surface area contributed by atoms with Gasteiger partial charge >= 0.3 is 0 Å². The van der Waals surface area contributed by atoms with Gasteiger partial charge in [0, 0.05) is 0 Å². The van der Waals surface area contributed by atoms with Crippen LogP contribution in [0.25, 0.3) is 0 Å². The maximum atomic E-state index is 3.73. The highest BCUT2D eigenvalue weighted by Crippen LogP contribution is 2.10. The number of hydrogen-bond acceptors (Lipinski definition) is 0. The van der Waals surface area contributed by atoms with E-state index in [2.05, 4.69) is 56.0 Å². The van der Waals surface area contributed by atoms with Crippen LogP contribution in [-0.4, -0.2) is 0 Å². The summed E-state index contributed by atoms with van der Waals surface area (Å²) in [6.45, 7) is 7.87. The molecule has 1 aromatic rings. The molecular weight excluding hydrogens is 180 g/mol. The summed E-state index contributed by atoms with van der Waals surface area (Å²) in [6, 6.07) is 8.65. The summed E-state index contributed by atoms with van der Waals surface area (Å²) in [5, 5.41) is 0.